The van der Waals surface area contributed by atoms with E-state index in [0.29, 0.717) is 36.9 Å². The van der Waals surface area contributed by atoms with Crippen LogP contribution in [-0.4, -0.2) is 19.6 Å². The predicted molar refractivity (Wildman–Crippen MR) is 102 cm³/mol. The van der Waals surface area contributed by atoms with Crippen LogP contribution in [0.2, 0.25) is 5.02 Å². The Morgan fingerprint density at radius 3 is 2.46 bits per heavy atom. The molecule has 2 aromatic carbocycles. The third-order valence-corrected chi connectivity index (χ3v) is 7.28. The van der Waals surface area contributed by atoms with Crippen molar-refractivity contribution in [2.75, 3.05) is 5.32 Å². The minimum absolute atomic E-state index is 0.128. The summed E-state index contributed by atoms with van der Waals surface area (Å²) in [7, 11) is -3.49. The lowest BCUT2D eigenvalue weighted by atomic mass is 10.0. The van der Waals surface area contributed by atoms with Crippen LogP contribution < -0.4 is 10.0 Å². The number of fused-ring (bicyclic) bond motifs is 1. The molecule has 2 N–H and O–H groups in total. The van der Waals surface area contributed by atoms with Gasteiger partial charge in [0.2, 0.25) is 10.0 Å². The fraction of sp³-hybridized carbons (Fsp3) is 0.316. The Morgan fingerprint density at radius 2 is 1.79 bits per heavy atom. The van der Waals surface area contributed by atoms with Crippen LogP contribution >= 0.6 is 11.6 Å². The standard InChI is InChI=1S/C19H17ClF2N2O3S/c20-14-9-10(1-6-15(14)21)23-19(25)13-4-7-16(22)18-12(13)5-8-17(18)24-28(26,27)11-2-3-11/h1,4,6-7,9,11,17,24H,2-3,5,8H2,(H,23,25). The molecule has 1 amide bonds. The molecule has 2 aromatic rings. The molecule has 1 unspecified atom stereocenters. The number of nitrogens with one attached hydrogen (secondary N) is 2. The number of anilines is 1. The maximum atomic E-state index is 14.5. The van der Waals surface area contributed by atoms with Gasteiger partial charge in [-0.05, 0) is 61.6 Å². The predicted octanol–water partition coefficient (Wildman–Crippen LogP) is 3.94. The Hall–Kier alpha value is -2.03. The quantitative estimate of drug-likeness (QED) is 0.760. The molecule has 0 bridgehead atoms. The zero-order valence-corrected chi connectivity index (χ0v) is 16.2. The Morgan fingerprint density at radius 1 is 1.07 bits per heavy atom. The van der Waals surface area contributed by atoms with Crippen LogP contribution in [0.15, 0.2) is 30.3 Å². The highest BCUT2D eigenvalue weighted by atomic mass is 35.5. The van der Waals surface area contributed by atoms with E-state index in [1.165, 1.54) is 18.2 Å². The van der Waals surface area contributed by atoms with Crippen LogP contribution in [0, 0.1) is 11.6 Å². The molecule has 148 valence electrons. The van der Waals surface area contributed by atoms with Crippen LogP contribution in [0.25, 0.3) is 0 Å². The fourth-order valence-corrected chi connectivity index (χ4v) is 5.25. The lowest BCUT2D eigenvalue weighted by Crippen LogP contribution is -2.30. The van der Waals surface area contributed by atoms with Gasteiger partial charge in [0, 0.05) is 16.8 Å². The molecular weight excluding hydrogens is 410 g/mol. The van der Waals surface area contributed by atoms with Crippen molar-refractivity contribution < 1.29 is 22.0 Å². The van der Waals surface area contributed by atoms with Crippen molar-refractivity contribution in [3.63, 3.8) is 0 Å². The van der Waals surface area contributed by atoms with Crippen molar-refractivity contribution in [1.82, 2.24) is 4.72 Å². The summed E-state index contributed by atoms with van der Waals surface area (Å²) in [6, 6.07) is 5.63. The van der Waals surface area contributed by atoms with Crippen molar-refractivity contribution in [3.8, 4) is 0 Å². The molecule has 5 nitrogen and oxygen atoms in total. The SMILES string of the molecule is O=C(Nc1ccc(F)c(Cl)c1)c1ccc(F)c2c1CCC2NS(=O)(=O)C1CC1. The number of carbonyl (C=O) groups is 1. The zero-order chi connectivity index (χ0) is 20.1. The van der Waals surface area contributed by atoms with Crippen molar-refractivity contribution in [1.29, 1.82) is 0 Å². The van der Waals surface area contributed by atoms with Crippen molar-refractivity contribution in [2.24, 2.45) is 0 Å². The summed E-state index contributed by atoms with van der Waals surface area (Å²) >= 11 is 5.73. The Labute approximate surface area is 166 Å². The summed E-state index contributed by atoms with van der Waals surface area (Å²) in [5.41, 5.74) is 1.26. The lowest BCUT2D eigenvalue weighted by Gasteiger charge is -2.16. The molecule has 9 heteroatoms. The summed E-state index contributed by atoms with van der Waals surface area (Å²) in [5, 5.41) is 2.08. The molecule has 0 aliphatic heterocycles. The zero-order valence-electron chi connectivity index (χ0n) is 14.6. The van der Waals surface area contributed by atoms with E-state index >= 15 is 0 Å². The first-order valence-corrected chi connectivity index (χ1v) is 10.8. The van der Waals surface area contributed by atoms with Crippen molar-refractivity contribution >= 4 is 33.2 Å². The van der Waals surface area contributed by atoms with Gasteiger partial charge < -0.3 is 5.32 Å². The van der Waals surface area contributed by atoms with E-state index in [1.54, 1.807) is 0 Å². The largest absolute Gasteiger partial charge is 0.322 e. The Bertz CT molecular complexity index is 1070. The topological polar surface area (TPSA) is 75.3 Å². The number of hydrogen-bond acceptors (Lipinski definition) is 3. The molecule has 4 rings (SSSR count). The second-order valence-corrected chi connectivity index (χ2v) is 9.42. The van der Waals surface area contributed by atoms with Crippen LogP contribution in [0.3, 0.4) is 0 Å². The Kier molecular flexibility index (Phi) is 4.89. The van der Waals surface area contributed by atoms with Gasteiger partial charge in [-0.15, -0.1) is 0 Å². The normalized spacial score (nSPS) is 18.8. The molecule has 0 spiro atoms. The van der Waals surface area contributed by atoms with Gasteiger partial charge in [0.25, 0.3) is 5.91 Å². The van der Waals surface area contributed by atoms with Crippen LogP contribution in [-0.2, 0) is 16.4 Å². The molecule has 1 fully saturated rings. The molecule has 0 aromatic heterocycles. The van der Waals surface area contributed by atoms with Crippen molar-refractivity contribution in [3.05, 3.63) is 63.7 Å². The molecular formula is C19H17ClF2N2O3S. The van der Waals surface area contributed by atoms with Gasteiger partial charge >= 0.3 is 0 Å². The number of sulfonamides is 1. The Balaban J connectivity index is 1.61. The highest BCUT2D eigenvalue weighted by Crippen LogP contribution is 2.38. The molecule has 0 radical (unpaired) electrons. The minimum atomic E-state index is -3.49. The van der Waals surface area contributed by atoms with E-state index in [4.69, 9.17) is 11.6 Å². The summed E-state index contributed by atoms with van der Waals surface area (Å²) in [6.07, 6.45) is 1.98. The van der Waals surface area contributed by atoms with Crippen LogP contribution in [0.1, 0.15) is 46.8 Å². The first-order chi connectivity index (χ1) is 13.3. The van der Waals surface area contributed by atoms with Crippen LogP contribution in [0.5, 0.6) is 0 Å². The van der Waals surface area contributed by atoms with Crippen LogP contribution in [0.4, 0.5) is 14.5 Å². The molecule has 1 atom stereocenters. The van der Waals surface area contributed by atoms with E-state index in [-0.39, 0.29) is 16.1 Å². The van der Waals surface area contributed by atoms with Gasteiger partial charge in [-0.25, -0.2) is 21.9 Å². The van der Waals surface area contributed by atoms with Gasteiger partial charge in [-0.2, -0.15) is 0 Å². The molecule has 0 heterocycles. The first-order valence-electron chi connectivity index (χ1n) is 8.85. The number of hydrogen-bond donors (Lipinski definition) is 2. The molecule has 28 heavy (non-hydrogen) atoms. The summed E-state index contributed by atoms with van der Waals surface area (Å²) < 4.78 is 54.8. The van der Waals surface area contributed by atoms with E-state index in [1.807, 2.05) is 0 Å². The minimum Gasteiger partial charge on any atom is -0.322 e. The van der Waals surface area contributed by atoms with Gasteiger partial charge in [0.15, 0.2) is 0 Å². The first kappa shape index (κ1) is 19.3. The summed E-state index contributed by atoms with van der Waals surface area (Å²) in [5.74, 6) is -1.64. The molecule has 0 saturated heterocycles. The van der Waals surface area contributed by atoms with E-state index in [0.717, 1.165) is 12.1 Å². The fourth-order valence-electron chi connectivity index (χ4n) is 3.49. The highest BCUT2D eigenvalue weighted by molar-refractivity contribution is 7.90. The van der Waals surface area contributed by atoms with E-state index in [9.17, 15) is 22.0 Å². The highest BCUT2D eigenvalue weighted by Gasteiger charge is 2.39. The second kappa shape index (κ2) is 7.09. The number of carbonyl (C=O) groups excluding carboxylic acids is 1. The lowest BCUT2D eigenvalue weighted by molar-refractivity contribution is 0.102. The molecule has 2 aliphatic rings. The maximum Gasteiger partial charge on any atom is 0.255 e. The third-order valence-electron chi connectivity index (χ3n) is 5.03. The maximum absolute atomic E-state index is 14.5. The van der Waals surface area contributed by atoms with E-state index < -0.39 is 38.9 Å². The molecule has 2 aliphatic carbocycles. The number of rotatable bonds is 5. The molecule has 1 saturated carbocycles. The van der Waals surface area contributed by atoms with E-state index in [2.05, 4.69) is 10.0 Å². The van der Waals surface area contributed by atoms with Crippen molar-refractivity contribution in [2.45, 2.75) is 37.0 Å². The number of halogens is 3. The number of benzene rings is 2. The summed E-state index contributed by atoms with van der Waals surface area (Å²) in [4.78, 5) is 12.7. The monoisotopic (exact) mass is 426 g/mol. The summed E-state index contributed by atoms with van der Waals surface area (Å²) in [6.45, 7) is 0. The van der Waals surface area contributed by atoms with Gasteiger partial charge in [0.1, 0.15) is 11.6 Å². The number of amides is 1. The average molecular weight is 427 g/mol. The van der Waals surface area contributed by atoms with Gasteiger partial charge in [-0.3, -0.25) is 4.79 Å². The smallest absolute Gasteiger partial charge is 0.255 e. The van der Waals surface area contributed by atoms with Gasteiger partial charge in [0.05, 0.1) is 16.3 Å². The van der Waals surface area contributed by atoms with Gasteiger partial charge in [-0.1, -0.05) is 11.6 Å². The second-order valence-electron chi connectivity index (χ2n) is 7.02. The third kappa shape index (κ3) is 3.64. The average Bonchev–Trinajstić information content (AvgIpc) is 3.42.